The molecule has 202 valence electrons. The fraction of sp³-hybridized carbons (Fsp3) is 0.571. The van der Waals surface area contributed by atoms with Crippen LogP contribution in [0.1, 0.15) is 52.9 Å². The van der Waals surface area contributed by atoms with E-state index in [0.717, 1.165) is 31.2 Å². The molecule has 2 fully saturated rings. The minimum absolute atomic E-state index is 0.0835. The average Bonchev–Trinajstić information content (AvgIpc) is 3.26. The Bertz CT molecular complexity index is 1320. The van der Waals surface area contributed by atoms with Crippen molar-refractivity contribution in [3.8, 4) is 11.1 Å². The van der Waals surface area contributed by atoms with E-state index in [0.29, 0.717) is 30.8 Å². The van der Waals surface area contributed by atoms with E-state index in [1.54, 1.807) is 23.6 Å². The van der Waals surface area contributed by atoms with Crippen LogP contribution < -0.4 is 5.56 Å². The Morgan fingerprint density at radius 1 is 1.14 bits per heavy atom. The third-order valence-electron chi connectivity index (χ3n) is 7.43. The van der Waals surface area contributed by atoms with Crippen LogP contribution in [0.5, 0.6) is 0 Å². The first-order valence-electron chi connectivity index (χ1n) is 12.9. The summed E-state index contributed by atoms with van der Waals surface area (Å²) in [5, 5.41) is 12.1. The van der Waals surface area contributed by atoms with Crippen molar-refractivity contribution in [2.75, 3.05) is 25.6 Å². The lowest BCUT2D eigenvalue weighted by Crippen LogP contribution is -2.62. The van der Waals surface area contributed by atoms with E-state index < -0.39 is 26.3 Å². The molecule has 1 aliphatic heterocycles. The second kappa shape index (κ2) is 9.91. The van der Waals surface area contributed by atoms with Crippen molar-refractivity contribution >= 4 is 21.5 Å². The van der Waals surface area contributed by atoms with Gasteiger partial charge in [-0.25, -0.2) is 9.00 Å². The molecule has 1 N–H and O–H groups in total. The summed E-state index contributed by atoms with van der Waals surface area (Å²) < 4.78 is 24.2. The summed E-state index contributed by atoms with van der Waals surface area (Å²) in [5.41, 5.74) is -0.689. The van der Waals surface area contributed by atoms with Gasteiger partial charge < -0.3 is 19.3 Å². The fourth-order valence-corrected chi connectivity index (χ4v) is 6.33. The third-order valence-corrected chi connectivity index (χ3v) is 8.06. The highest BCUT2D eigenvalue weighted by Crippen LogP contribution is 2.51. The molecule has 37 heavy (non-hydrogen) atoms. The third kappa shape index (κ3) is 6.09. The quantitative estimate of drug-likeness (QED) is 0.613. The number of hydrogen-bond acceptors (Lipinski definition) is 6. The molecule has 0 bridgehead atoms. The number of carbonyl (C=O) groups is 1. The highest BCUT2D eigenvalue weighted by Gasteiger charge is 2.56. The summed E-state index contributed by atoms with van der Waals surface area (Å²) in [6.07, 6.45) is 8.17. The molecule has 2 aromatic rings. The molecular weight excluding hydrogens is 490 g/mol. The number of nitrogens with zero attached hydrogens (tertiary/aromatic N) is 3. The maximum Gasteiger partial charge on any atom is 0.410 e. The molecule has 1 unspecified atom stereocenters. The van der Waals surface area contributed by atoms with Crippen LogP contribution in [0, 0.1) is 5.41 Å². The number of ether oxygens (including phenoxy) is 1. The predicted octanol–water partition coefficient (Wildman–Crippen LogP) is 4.81. The van der Waals surface area contributed by atoms with Crippen molar-refractivity contribution in [2.24, 2.45) is 9.78 Å². The summed E-state index contributed by atoms with van der Waals surface area (Å²) in [6.45, 7) is 6.35. The van der Waals surface area contributed by atoms with Crippen molar-refractivity contribution < 1.29 is 18.8 Å². The molecule has 1 aromatic heterocycles. The van der Waals surface area contributed by atoms with Gasteiger partial charge in [-0.2, -0.15) is 4.36 Å². The van der Waals surface area contributed by atoms with E-state index in [1.165, 1.54) is 10.6 Å². The fourth-order valence-electron chi connectivity index (χ4n) is 5.71. The Kier molecular flexibility index (Phi) is 7.33. The van der Waals surface area contributed by atoms with Crippen molar-refractivity contribution in [3.05, 3.63) is 52.9 Å². The van der Waals surface area contributed by atoms with Gasteiger partial charge in [-0.15, -0.1) is 0 Å². The summed E-state index contributed by atoms with van der Waals surface area (Å²) in [7, 11) is -2.50. The normalized spacial score (nSPS) is 21.7. The van der Waals surface area contributed by atoms with E-state index in [-0.39, 0.29) is 18.2 Å². The summed E-state index contributed by atoms with van der Waals surface area (Å²) in [5.74, 6) is 0. The minimum atomic E-state index is -2.50. The SMILES string of the molecule is CC(C)(C)OC(=O)N1CCC(O)(Cn2cc(N=S(C)(C)=O)c(-c3ccccc3)cc2=O)C2(CCCC2)C1. The van der Waals surface area contributed by atoms with Gasteiger partial charge in [0.05, 0.1) is 17.8 Å². The zero-order valence-electron chi connectivity index (χ0n) is 22.5. The van der Waals surface area contributed by atoms with Crippen LogP contribution in [0.3, 0.4) is 0 Å². The molecule has 1 atom stereocenters. The minimum Gasteiger partial charge on any atom is -0.444 e. The van der Waals surface area contributed by atoms with Gasteiger partial charge in [0.25, 0.3) is 5.56 Å². The molecule has 1 aromatic carbocycles. The largest absolute Gasteiger partial charge is 0.444 e. The number of aromatic nitrogens is 1. The lowest BCUT2D eigenvalue weighted by molar-refractivity contribution is -0.140. The summed E-state index contributed by atoms with van der Waals surface area (Å²) in [6, 6.07) is 10.9. The van der Waals surface area contributed by atoms with Gasteiger partial charge in [0.1, 0.15) is 5.60 Å². The van der Waals surface area contributed by atoms with Crippen LogP contribution in [0.2, 0.25) is 0 Å². The van der Waals surface area contributed by atoms with Crippen LogP contribution in [0.15, 0.2) is 51.8 Å². The maximum atomic E-state index is 13.3. The molecule has 1 amide bonds. The van der Waals surface area contributed by atoms with Gasteiger partial charge in [-0.1, -0.05) is 43.2 Å². The first-order chi connectivity index (χ1) is 17.2. The Labute approximate surface area is 219 Å². The molecule has 4 rings (SSSR count). The second-order valence-corrected chi connectivity index (χ2v) is 14.4. The van der Waals surface area contributed by atoms with Gasteiger partial charge in [-0.05, 0) is 45.6 Å². The molecule has 1 saturated carbocycles. The smallest absolute Gasteiger partial charge is 0.410 e. The number of aliphatic hydroxyl groups is 1. The lowest BCUT2D eigenvalue weighted by Gasteiger charge is -2.52. The molecular formula is C28H39N3O5S. The van der Waals surface area contributed by atoms with Crippen LogP contribution in [0.25, 0.3) is 11.1 Å². The first kappa shape index (κ1) is 27.4. The Balaban J connectivity index is 1.71. The molecule has 1 aliphatic carbocycles. The molecule has 9 heteroatoms. The van der Waals surface area contributed by atoms with Crippen LogP contribution >= 0.6 is 0 Å². The van der Waals surface area contributed by atoms with E-state index >= 15 is 0 Å². The molecule has 2 aliphatic rings. The van der Waals surface area contributed by atoms with Crippen molar-refractivity contribution in [2.45, 2.75) is 70.6 Å². The number of rotatable bonds is 4. The molecule has 1 saturated heterocycles. The van der Waals surface area contributed by atoms with E-state index in [1.807, 2.05) is 51.1 Å². The Morgan fingerprint density at radius 3 is 2.38 bits per heavy atom. The van der Waals surface area contributed by atoms with Gasteiger partial charge >= 0.3 is 6.09 Å². The zero-order valence-corrected chi connectivity index (χ0v) is 23.3. The number of benzene rings is 1. The number of hydrogen-bond donors (Lipinski definition) is 1. The van der Waals surface area contributed by atoms with E-state index in [9.17, 15) is 18.9 Å². The number of piperidine rings is 1. The van der Waals surface area contributed by atoms with Gasteiger partial charge in [0.15, 0.2) is 0 Å². The van der Waals surface area contributed by atoms with Crippen molar-refractivity contribution in [3.63, 3.8) is 0 Å². The molecule has 1 spiro atoms. The van der Waals surface area contributed by atoms with Gasteiger partial charge in [0, 0.05) is 58.6 Å². The van der Waals surface area contributed by atoms with Gasteiger partial charge in [-0.3, -0.25) is 4.79 Å². The average molecular weight is 530 g/mol. The topological polar surface area (TPSA) is 101 Å². The van der Waals surface area contributed by atoms with Crippen LogP contribution in [0.4, 0.5) is 10.5 Å². The number of carbonyl (C=O) groups excluding carboxylic acids is 1. The Morgan fingerprint density at radius 2 is 1.78 bits per heavy atom. The van der Waals surface area contributed by atoms with Crippen molar-refractivity contribution in [1.82, 2.24) is 9.47 Å². The number of likely N-dealkylation sites (tertiary alicyclic amines) is 1. The van der Waals surface area contributed by atoms with E-state index in [4.69, 9.17) is 4.74 Å². The molecule has 8 nitrogen and oxygen atoms in total. The highest BCUT2D eigenvalue weighted by atomic mass is 32.2. The monoisotopic (exact) mass is 529 g/mol. The highest BCUT2D eigenvalue weighted by molar-refractivity contribution is 7.92. The molecule has 0 radical (unpaired) electrons. The van der Waals surface area contributed by atoms with Crippen LogP contribution in [-0.2, 0) is 21.0 Å². The van der Waals surface area contributed by atoms with Crippen molar-refractivity contribution in [1.29, 1.82) is 0 Å². The molecule has 2 heterocycles. The Hall–Kier alpha value is -2.65. The lowest BCUT2D eigenvalue weighted by atomic mass is 9.66. The summed E-state index contributed by atoms with van der Waals surface area (Å²) in [4.78, 5) is 27.9. The zero-order chi connectivity index (χ0) is 27.1. The summed E-state index contributed by atoms with van der Waals surface area (Å²) >= 11 is 0. The second-order valence-electron chi connectivity index (χ2n) is 11.8. The van der Waals surface area contributed by atoms with Crippen LogP contribution in [-0.4, -0.2) is 61.7 Å². The number of amides is 1. The maximum absolute atomic E-state index is 13.3. The standard InChI is InChI=1S/C28H39N3O5S/c1-26(2,3)36-25(33)30-16-15-28(34,27(19-30)13-9-10-14-27)20-31-18-23(29-37(4,5)35)22(17-24(31)32)21-11-7-6-8-12-21/h6-8,11-12,17-18,34H,9-10,13-16,19-20H2,1-5H3. The predicted molar refractivity (Wildman–Crippen MR) is 146 cm³/mol. The number of pyridine rings is 1. The van der Waals surface area contributed by atoms with Gasteiger partial charge in [0.2, 0.25) is 0 Å². The van der Waals surface area contributed by atoms with E-state index in [2.05, 4.69) is 4.36 Å². The first-order valence-corrected chi connectivity index (χ1v) is 15.2.